The quantitative estimate of drug-likeness (QED) is 0.883. The van der Waals surface area contributed by atoms with Crippen LogP contribution >= 0.6 is 0 Å². The minimum absolute atomic E-state index is 0.0285. The molecular formula is C15H22N4O3. The van der Waals surface area contributed by atoms with E-state index in [1.165, 1.54) is 7.11 Å². The summed E-state index contributed by atoms with van der Waals surface area (Å²) in [4.78, 5) is 29.6. The second-order valence-electron chi connectivity index (χ2n) is 5.35. The van der Waals surface area contributed by atoms with Gasteiger partial charge in [0.1, 0.15) is 5.69 Å². The number of urea groups is 1. The number of methoxy groups -OCH3 is 1. The number of ether oxygens (including phenoxy) is 1. The number of likely N-dealkylation sites (tertiary alicyclic amines) is 1. The van der Waals surface area contributed by atoms with E-state index in [1.54, 1.807) is 17.2 Å². The van der Waals surface area contributed by atoms with Crippen LogP contribution in [0.1, 0.15) is 25.3 Å². The maximum absolute atomic E-state index is 12.1. The predicted octanol–water partition coefficient (Wildman–Crippen LogP) is 1.53. The van der Waals surface area contributed by atoms with E-state index in [2.05, 4.69) is 15.6 Å². The van der Waals surface area contributed by atoms with Gasteiger partial charge in [0.25, 0.3) is 0 Å². The Morgan fingerprint density at radius 3 is 2.95 bits per heavy atom. The maximum atomic E-state index is 12.1. The predicted molar refractivity (Wildman–Crippen MR) is 83.0 cm³/mol. The molecule has 7 heteroatoms. The summed E-state index contributed by atoms with van der Waals surface area (Å²) in [6.07, 6.45) is 2.93. The average molecular weight is 306 g/mol. The number of nitrogens with zero attached hydrogens (tertiary/aromatic N) is 2. The summed E-state index contributed by atoms with van der Waals surface area (Å²) in [5.41, 5.74) is 1.45. The molecule has 1 aromatic heterocycles. The number of hydrogen-bond donors (Lipinski definition) is 2. The van der Waals surface area contributed by atoms with Crippen LogP contribution in [0.15, 0.2) is 12.3 Å². The number of carbonyl (C=O) groups excluding carboxylic acids is 2. The lowest BCUT2D eigenvalue weighted by Gasteiger charge is -2.17. The zero-order chi connectivity index (χ0) is 16.1. The van der Waals surface area contributed by atoms with Crippen LogP contribution in [0.3, 0.4) is 0 Å². The van der Waals surface area contributed by atoms with Crippen molar-refractivity contribution >= 4 is 17.6 Å². The van der Waals surface area contributed by atoms with Gasteiger partial charge in [0.05, 0.1) is 7.11 Å². The first-order valence-corrected chi connectivity index (χ1v) is 7.39. The van der Waals surface area contributed by atoms with Gasteiger partial charge in [-0.05, 0) is 25.0 Å². The number of carbonyl (C=O) groups is 2. The van der Waals surface area contributed by atoms with Crippen LogP contribution < -0.4 is 15.4 Å². The smallest absolute Gasteiger partial charge is 0.319 e. The number of aryl methyl sites for hydroxylation is 1. The number of amides is 3. The summed E-state index contributed by atoms with van der Waals surface area (Å²) >= 11 is 0. The second kappa shape index (κ2) is 7.11. The van der Waals surface area contributed by atoms with Crippen molar-refractivity contribution in [2.45, 2.75) is 32.7 Å². The summed E-state index contributed by atoms with van der Waals surface area (Å²) in [7, 11) is 1.51. The summed E-state index contributed by atoms with van der Waals surface area (Å²) in [6.45, 7) is 4.98. The van der Waals surface area contributed by atoms with E-state index in [9.17, 15) is 9.59 Å². The van der Waals surface area contributed by atoms with Crippen molar-refractivity contribution in [1.29, 1.82) is 0 Å². The SMILES string of the molecule is CCC(=O)N1CCC(NC(=O)Nc2cc(C)cnc2OC)C1. The lowest BCUT2D eigenvalue weighted by molar-refractivity contribution is -0.129. The summed E-state index contributed by atoms with van der Waals surface area (Å²) in [6, 6.07) is 1.45. The fraction of sp³-hybridized carbons (Fsp3) is 0.533. The summed E-state index contributed by atoms with van der Waals surface area (Å²) < 4.78 is 5.13. The first-order valence-electron chi connectivity index (χ1n) is 7.39. The average Bonchev–Trinajstić information content (AvgIpc) is 2.95. The van der Waals surface area contributed by atoms with E-state index >= 15 is 0 Å². The topological polar surface area (TPSA) is 83.6 Å². The molecule has 0 saturated carbocycles. The van der Waals surface area contributed by atoms with Crippen LogP contribution in [-0.2, 0) is 4.79 Å². The van der Waals surface area contributed by atoms with Crippen molar-refractivity contribution in [1.82, 2.24) is 15.2 Å². The largest absolute Gasteiger partial charge is 0.480 e. The highest BCUT2D eigenvalue weighted by Gasteiger charge is 2.26. The number of pyridine rings is 1. The Kier molecular flexibility index (Phi) is 5.19. The van der Waals surface area contributed by atoms with Crippen LogP contribution in [0.25, 0.3) is 0 Å². The Morgan fingerprint density at radius 2 is 2.27 bits per heavy atom. The molecule has 1 aliphatic rings. The van der Waals surface area contributed by atoms with Gasteiger partial charge in [-0.2, -0.15) is 0 Å². The first kappa shape index (κ1) is 16.1. The summed E-state index contributed by atoms with van der Waals surface area (Å²) in [5.74, 6) is 0.490. The van der Waals surface area contributed by atoms with E-state index in [0.717, 1.165) is 12.0 Å². The molecule has 0 bridgehead atoms. The number of rotatable bonds is 4. The third kappa shape index (κ3) is 3.87. The Bertz CT molecular complexity index is 562. The molecule has 1 fully saturated rings. The van der Waals surface area contributed by atoms with Crippen LogP contribution in [0.2, 0.25) is 0 Å². The maximum Gasteiger partial charge on any atom is 0.319 e. The minimum atomic E-state index is -0.318. The number of hydrogen-bond acceptors (Lipinski definition) is 4. The lowest BCUT2D eigenvalue weighted by Crippen LogP contribution is -2.40. The third-order valence-corrected chi connectivity index (χ3v) is 3.61. The van der Waals surface area contributed by atoms with Gasteiger partial charge in [0, 0.05) is 31.7 Å². The Balaban J connectivity index is 1.91. The summed E-state index contributed by atoms with van der Waals surface area (Å²) in [5, 5.41) is 5.63. The van der Waals surface area contributed by atoms with E-state index < -0.39 is 0 Å². The molecule has 0 aromatic carbocycles. The van der Waals surface area contributed by atoms with Crippen molar-refractivity contribution in [3.63, 3.8) is 0 Å². The van der Waals surface area contributed by atoms with Gasteiger partial charge in [-0.25, -0.2) is 9.78 Å². The molecule has 2 rings (SSSR count). The van der Waals surface area contributed by atoms with Gasteiger partial charge in [-0.15, -0.1) is 0 Å². The molecule has 1 atom stereocenters. The molecule has 22 heavy (non-hydrogen) atoms. The monoisotopic (exact) mass is 306 g/mol. The van der Waals surface area contributed by atoms with Gasteiger partial charge in [-0.1, -0.05) is 6.92 Å². The molecule has 7 nitrogen and oxygen atoms in total. The van der Waals surface area contributed by atoms with Crippen LogP contribution in [-0.4, -0.2) is 48.1 Å². The van der Waals surface area contributed by atoms with E-state index in [1.807, 2.05) is 13.8 Å². The second-order valence-corrected chi connectivity index (χ2v) is 5.35. The fourth-order valence-electron chi connectivity index (χ4n) is 2.48. The molecule has 2 N–H and O–H groups in total. The van der Waals surface area contributed by atoms with Crippen molar-refractivity contribution < 1.29 is 14.3 Å². The van der Waals surface area contributed by atoms with Crippen LogP contribution in [0.4, 0.5) is 10.5 Å². The highest BCUT2D eigenvalue weighted by molar-refractivity contribution is 5.91. The molecule has 3 amide bonds. The number of nitrogens with one attached hydrogen (secondary N) is 2. The van der Waals surface area contributed by atoms with Crippen molar-refractivity contribution in [2.24, 2.45) is 0 Å². The minimum Gasteiger partial charge on any atom is -0.480 e. The molecule has 120 valence electrons. The third-order valence-electron chi connectivity index (χ3n) is 3.61. The lowest BCUT2D eigenvalue weighted by atomic mass is 10.2. The first-order chi connectivity index (χ1) is 10.5. The standard InChI is InChI=1S/C15H22N4O3/c1-4-13(20)19-6-5-11(9-19)17-15(21)18-12-7-10(2)8-16-14(12)22-3/h7-8,11H,4-6,9H2,1-3H3,(H2,17,18,21). The van der Waals surface area contributed by atoms with E-state index in [4.69, 9.17) is 4.74 Å². The van der Waals surface area contributed by atoms with Gasteiger partial charge < -0.3 is 20.3 Å². The molecule has 0 radical (unpaired) electrons. The number of aromatic nitrogens is 1. The molecule has 0 spiro atoms. The fourth-order valence-corrected chi connectivity index (χ4v) is 2.48. The molecule has 1 saturated heterocycles. The van der Waals surface area contributed by atoms with Crippen LogP contribution in [0.5, 0.6) is 5.88 Å². The van der Waals surface area contributed by atoms with Gasteiger partial charge >= 0.3 is 6.03 Å². The zero-order valence-electron chi connectivity index (χ0n) is 13.2. The van der Waals surface area contributed by atoms with Gasteiger partial charge in [-0.3, -0.25) is 4.79 Å². The van der Waals surface area contributed by atoms with Gasteiger partial charge in [0.15, 0.2) is 0 Å². The zero-order valence-corrected chi connectivity index (χ0v) is 13.2. The molecule has 0 aliphatic carbocycles. The highest BCUT2D eigenvalue weighted by Crippen LogP contribution is 2.22. The normalized spacial score (nSPS) is 17.2. The van der Waals surface area contributed by atoms with E-state index in [0.29, 0.717) is 31.1 Å². The molecular weight excluding hydrogens is 284 g/mol. The van der Waals surface area contributed by atoms with Gasteiger partial charge in [0.2, 0.25) is 11.8 Å². The van der Waals surface area contributed by atoms with E-state index in [-0.39, 0.29) is 18.0 Å². The molecule has 1 aliphatic heterocycles. The Hall–Kier alpha value is -2.31. The molecule has 1 aromatic rings. The highest BCUT2D eigenvalue weighted by atomic mass is 16.5. The Labute approximate surface area is 130 Å². The molecule has 1 unspecified atom stereocenters. The van der Waals surface area contributed by atoms with Crippen molar-refractivity contribution in [3.8, 4) is 5.88 Å². The Morgan fingerprint density at radius 1 is 1.50 bits per heavy atom. The van der Waals surface area contributed by atoms with Crippen molar-refractivity contribution in [3.05, 3.63) is 17.8 Å². The number of anilines is 1. The van der Waals surface area contributed by atoms with Crippen molar-refractivity contribution in [2.75, 3.05) is 25.5 Å². The van der Waals surface area contributed by atoms with Crippen LogP contribution in [0, 0.1) is 6.92 Å². The molecule has 2 heterocycles.